The van der Waals surface area contributed by atoms with E-state index >= 15 is 0 Å². The highest BCUT2D eigenvalue weighted by atomic mass is 32.2. The molecule has 2 aliphatic carbocycles. The Morgan fingerprint density at radius 2 is 2.06 bits per heavy atom. The van der Waals surface area contributed by atoms with Crippen molar-refractivity contribution in [1.29, 1.82) is 0 Å². The van der Waals surface area contributed by atoms with Crippen molar-refractivity contribution in [1.82, 2.24) is 15.0 Å². The van der Waals surface area contributed by atoms with Crippen molar-refractivity contribution in [3.63, 3.8) is 0 Å². The number of rotatable bonds is 8. The van der Waals surface area contributed by atoms with Crippen molar-refractivity contribution >= 4 is 15.7 Å². The number of piperidine rings is 1. The number of fused-ring (bicyclic) bond motifs is 1. The Bertz CT molecular complexity index is 1290. The van der Waals surface area contributed by atoms with Crippen molar-refractivity contribution in [2.75, 3.05) is 26.5 Å². The number of hydrogen-bond donors (Lipinski definition) is 0. The average Bonchev–Trinajstić information content (AvgIpc) is 3.62. The van der Waals surface area contributed by atoms with Crippen molar-refractivity contribution in [2.24, 2.45) is 5.92 Å². The van der Waals surface area contributed by atoms with E-state index in [-0.39, 0.29) is 22.1 Å². The maximum Gasteiger partial charge on any atom is 0.281 e. The average molecular weight is 512 g/mol. The Morgan fingerprint density at radius 3 is 2.66 bits per heavy atom. The minimum atomic E-state index is -3.64. The Labute approximate surface area is 201 Å². The summed E-state index contributed by atoms with van der Waals surface area (Å²) >= 11 is 0. The van der Waals surface area contributed by atoms with Crippen molar-refractivity contribution < 1.29 is 36.0 Å². The summed E-state index contributed by atoms with van der Waals surface area (Å²) < 4.78 is 68.1. The Kier molecular flexibility index (Phi) is 5.30. The van der Waals surface area contributed by atoms with Gasteiger partial charge in [-0.25, -0.2) is 17.2 Å². The second kappa shape index (κ2) is 7.70. The first kappa shape index (κ1) is 24.1. The number of halogens is 2. The molecule has 2 heterocycles. The van der Waals surface area contributed by atoms with Gasteiger partial charge in [-0.2, -0.15) is 4.98 Å². The molecule has 3 unspecified atom stereocenters. The quantitative estimate of drug-likeness (QED) is 0.532. The summed E-state index contributed by atoms with van der Waals surface area (Å²) in [7, 11) is -2.04. The van der Waals surface area contributed by atoms with Gasteiger partial charge in [0.05, 0.1) is 15.9 Å². The number of sulfone groups is 1. The number of methoxy groups -OCH3 is 1. The number of nitrogens with zero attached hydrogens (tertiary/aromatic N) is 3. The molecule has 2 aromatic rings. The molecular weight excluding hydrogens is 484 g/mol. The molecule has 1 aliphatic heterocycles. The third-order valence-electron chi connectivity index (χ3n) is 7.42. The second-order valence-electron chi connectivity index (χ2n) is 10.0. The molecule has 2 saturated carbocycles. The summed E-state index contributed by atoms with van der Waals surface area (Å²) in [5.74, 6) is -2.67. The molecular formula is C23H27F2N3O6S. The predicted octanol–water partition coefficient (Wildman–Crippen LogP) is 2.94. The van der Waals surface area contributed by atoms with Crippen LogP contribution in [0.15, 0.2) is 27.6 Å². The zero-order chi connectivity index (χ0) is 25.4. The third-order valence-corrected chi connectivity index (χ3v) is 8.53. The fourth-order valence-corrected chi connectivity index (χ4v) is 5.33. The normalized spacial score (nSPS) is 25.8. The van der Waals surface area contributed by atoms with Crippen LogP contribution < -0.4 is 4.74 Å². The van der Waals surface area contributed by atoms with Crippen molar-refractivity contribution in [2.45, 2.75) is 61.0 Å². The van der Waals surface area contributed by atoms with Crippen LogP contribution in [-0.4, -0.2) is 67.8 Å². The maximum atomic E-state index is 13.8. The number of carbonyl (C=O) groups is 1. The van der Waals surface area contributed by atoms with Crippen LogP contribution in [0.1, 0.15) is 55.2 Å². The topological polar surface area (TPSA) is 112 Å². The van der Waals surface area contributed by atoms with Crippen LogP contribution in [0, 0.1) is 5.92 Å². The summed E-state index contributed by atoms with van der Waals surface area (Å²) in [5, 5.41) is 4.17. The third kappa shape index (κ3) is 4.10. The molecule has 12 heteroatoms. The summed E-state index contributed by atoms with van der Waals surface area (Å²) in [6, 6.07) is 3.69. The first-order valence-corrected chi connectivity index (χ1v) is 13.3. The van der Waals surface area contributed by atoms with Gasteiger partial charge in [-0.15, -0.1) is 0 Å². The van der Waals surface area contributed by atoms with Crippen molar-refractivity contribution in [3.05, 3.63) is 35.5 Å². The highest BCUT2D eigenvalue weighted by Crippen LogP contribution is 2.59. The van der Waals surface area contributed by atoms with E-state index in [2.05, 4.69) is 10.1 Å². The molecule has 0 N–H and O–H groups in total. The minimum Gasteiger partial charge on any atom is -0.484 e. The molecule has 3 atom stereocenters. The monoisotopic (exact) mass is 511 g/mol. The van der Waals surface area contributed by atoms with Gasteiger partial charge in [0.1, 0.15) is 11.4 Å². The van der Waals surface area contributed by atoms with Crippen LogP contribution in [0.2, 0.25) is 0 Å². The van der Waals surface area contributed by atoms with Gasteiger partial charge >= 0.3 is 0 Å². The van der Waals surface area contributed by atoms with Crippen LogP contribution >= 0.6 is 0 Å². The lowest BCUT2D eigenvalue weighted by Crippen LogP contribution is -2.35. The largest absolute Gasteiger partial charge is 0.484 e. The molecule has 0 radical (unpaired) electrons. The summed E-state index contributed by atoms with van der Waals surface area (Å²) in [5.41, 5.74) is -1.04. The fourth-order valence-electron chi connectivity index (χ4n) is 4.69. The number of likely N-dealkylation sites (tertiary alicyclic amines) is 1. The minimum absolute atomic E-state index is 0.0782. The Balaban J connectivity index is 1.41. The van der Waals surface area contributed by atoms with E-state index in [4.69, 9.17) is 14.0 Å². The fraction of sp³-hybridized carbons (Fsp3) is 0.609. The van der Waals surface area contributed by atoms with Gasteiger partial charge in [-0.3, -0.25) is 4.79 Å². The smallest absolute Gasteiger partial charge is 0.281 e. The number of alkyl halides is 2. The number of amides is 1. The van der Waals surface area contributed by atoms with Gasteiger partial charge in [0.25, 0.3) is 17.7 Å². The van der Waals surface area contributed by atoms with Crippen molar-refractivity contribution in [3.8, 4) is 5.75 Å². The van der Waals surface area contributed by atoms with E-state index in [0.29, 0.717) is 24.8 Å². The summed E-state index contributed by atoms with van der Waals surface area (Å²) in [6.45, 7) is 2.62. The number of ether oxygens (including phenoxy) is 2. The molecule has 1 aromatic heterocycles. The summed E-state index contributed by atoms with van der Waals surface area (Å²) in [6.07, 6.45) is 1.90. The highest BCUT2D eigenvalue weighted by molar-refractivity contribution is 7.90. The molecule has 5 rings (SSSR count). The van der Waals surface area contributed by atoms with Crippen LogP contribution in [0.4, 0.5) is 8.78 Å². The molecule has 0 bridgehead atoms. The summed E-state index contributed by atoms with van der Waals surface area (Å²) in [4.78, 5) is 19.6. The molecule has 1 saturated heterocycles. The molecule has 1 amide bonds. The first-order chi connectivity index (χ1) is 16.3. The number of hydrogen-bond acceptors (Lipinski definition) is 8. The molecule has 1 aromatic carbocycles. The lowest BCUT2D eigenvalue weighted by Gasteiger charge is -2.25. The van der Waals surface area contributed by atoms with E-state index < -0.39 is 38.8 Å². The Hall–Kier alpha value is -2.60. The standard InChI is InChI=1S/C23H27F2N3O6S/c1-13(21(2,24)25)33-17-6-5-15(35(4,30)31)9-16(17)18(29)28-11-14-10-22(14,12-28)19-26-20(34-27-19)23(32-3)7-8-23/h5-6,9,13-14H,7-8,10-12H2,1-4H3. The van der Waals surface area contributed by atoms with Crippen LogP contribution in [-0.2, 0) is 25.6 Å². The second-order valence-corrected chi connectivity index (χ2v) is 12.0. The van der Waals surface area contributed by atoms with Gasteiger partial charge in [-0.05, 0) is 50.3 Å². The zero-order valence-electron chi connectivity index (χ0n) is 19.9. The van der Waals surface area contributed by atoms with Gasteiger partial charge in [0.15, 0.2) is 21.8 Å². The highest BCUT2D eigenvalue weighted by Gasteiger charge is 2.65. The van der Waals surface area contributed by atoms with Gasteiger partial charge in [-0.1, -0.05) is 5.16 Å². The van der Waals surface area contributed by atoms with E-state index in [9.17, 15) is 22.0 Å². The SMILES string of the molecule is COC1(c2nc(C34CC3CN(C(=O)c3cc(S(C)(=O)=O)ccc3OC(C)C(C)(F)F)C4)no2)CC1. The lowest BCUT2D eigenvalue weighted by atomic mass is 10.1. The molecule has 0 spiro atoms. The Morgan fingerprint density at radius 1 is 1.34 bits per heavy atom. The molecule has 190 valence electrons. The molecule has 35 heavy (non-hydrogen) atoms. The first-order valence-electron chi connectivity index (χ1n) is 11.4. The van der Waals surface area contributed by atoms with Gasteiger partial charge in [0, 0.05) is 33.4 Å². The van der Waals surface area contributed by atoms with E-state index in [0.717, 1.165) is 32.4 Å². The number of carbonyl (C=O) groups excluding carboxylic acids is 1. The predicted molar refractivity (Wildman–Crippen MR) is 118 cm³/mol. The van der Waals surface area contributed by atoms with Gasteiger partial charge in [0.2, 0.25) is 0 Å². The maximum absolute atomic E-state index is 13.8. The van der Waals surface area contributed by atoms with E-state index in [1.54, 1.807) is 12.0 Å². The van der Waals surface area contributed by atoms with Crippen LogP contribution in [0.3, 0.4) is 0 Å². The lowest BCUT2D eigenvalue weighted by molar-refractivity contribution is -0.0720. The number of benzene rings is 1. The zero-order valence-corrected chi connectivity index (χ0v) is 20.7. The molecule has 9 nitrogen and oxygen atoms in total. The van der Waals surface area contributed by atoms with Crippen LogP contribution in [0.5, 0.6) is 5.75 Å². The number of aromatic nitrogens is 2. The van der Waals surface area contributed by atoms with E-state index in [1.165, 1.54) is 25.1 Å². The van der Waals surface area contributed by atoms with Gasteiger partial charge < -0.3 is 18.9 Å². The van der Waals surface area contributed by atoms with Crippen LogP contribution in [0.25, 0.3) is 0 Å². The molecule has 3 fully saturated rings. The van der Waals surface area contributed by atoms with E-state index in [1.807, 2.05) is 0 Å². The molecule has 3 aliphatic rings.